The van der Waals surface area contributed by atoms with Crippen LogP contribution in [0.5, 0.6) is 0 Å². The van der Waals surface area contributed by atoms with Gasteiger partial charge in [-0.25, -0.2) is 9.97 Å². The number of nitrogens with one attached hydrogen (secondary N) is 1. The van der Waals surface area contributed by atoms with Gasteiger partial charge in [-0.3, -0.25) is 9.36 Å². The molecule has 2 aromatic heterocycles. The maximum Gasteiger partial charge on any atom is 0.278 e. The number of aliphatic hydroxyl groups is 3. The average Bonchev–Trinajstić information content (AvgIpc) is 2.87. The van der Waals surface area contributed by atoms with Crippen LogP contribution in [0.2, 0.25) is 0 Å². The lowest BCUT2D eigenvalue weighted by Gasteiger charge is -2.37. The van der Waals surface area contributed by atoms with Gasteiger partial charge >= 0.3 is 0 Å². The normalized spacial score (nSPS) is 30.8. The van der Waals surface area contributed by atoms with E-state index in [4.69, 9.17) is 9.84 Å². The van der Waals surface area contributed by atoms with Crippen molar-refractivity contribution in [1.29, 1.82) is 0 Å². The number of aromatic amines is 1. The van der Waals surface area contributed by atoms with Crippen LogP contribution in [0.4, 0.5) is 0 Å². The predicted octanol–water partition coefficient (Wildman–Crippen LogP) is -2.02. The molecule has 9 heteroatoms. The third-order valence-corrected chi connectivity index (χ3v) is 3.48. The van der Waals surface area contributed by atoms with Crippen LogP contribution in [0.25, 0.3) is 11.2 Å². The van der Waals surface area contributed by atoms with E-state index in [0.717, 1.165) is 0 Å². The van der Waals surface area contributed by atoms with Gasteiger partial charge in [-0.05, 0) is 0 Å². The Bertz CT molecular complexity index is 668. The van der Waals surface area contributed by atoms with Gasteiger partial charge in [0.1, 0.15) is 6.10 Å². The molecule has 0 unspecified atom stereocenters. The molecule has 4 N–H and O–H groups in total. The first kappa shape index (κ1) is 13.2. The molecule has 0 spiro atoms. The van der Waals surface area contributed by atoms with Crippen LogP contribution in [0.1, 0.15) is 6.23 Å². The number of ether oxygens (including phenoxy) is 1. The fraction of sp³-hybridized carbons (Fsp3) is 0.545. The quantitative estimate of drug-likeness (QED) is 0.499. The summed E-state index contributed by atoms with van der Waals surface area (Å²) in [6, 6.07) is 0. The van der Waals surface area contributed by atoms with Gasteiger partial charge in [-0.2, -0.15) is 0 Å². The van der Waals surface area contributed by atoms with Crippen molar-refractivity contribution in [2.24, 2.45) is 5.92 Å². The van der Waals surface area contributed by atoms with Gasteiger partial charge < -0.3 is 25.0 Å². The highest BCUT2D eigenvalue weighted by atomic mass is 16.5. The Labute approximate surface area is 112 Å². The summed E-state index contributed by atoms with van der Waals surface area (Å²) in [5.74, 6) is -0.549. The smallest absolute Gasteiger partial charge is 0.278 e. The Hall–Kier alpha value is -1.81. The summed E-state index contributed by atoms with van der Waals surface area (Å²) >= 11 is 0. The van der Waals surface area contributed by atoms with E-state index in [9.17, 15) is 15.0 Å². The monoisotopic (exact) mass is 282 g/mol. The zero-order valence-electron chi connectivity index (χ0n) is 10.4. The van der Waals surface area contributed by atoms with Gasteiger partial charge in [0.25, 0.3) is 5.56 Å². The Kier molecular flexibility index (Phi) is 3.26. The van der Waals surface area contributed by atoms with E-state index in [1.807, 2.05) is 0 Å². The van der Waals surface area contributed by atoms with Crippen LogP contribution in [0.3, 0.4) is 0 Å². The summed E-state index contributed by atoms with van der Waals surface area (Å²) < 4.78 is 6.85. The number of nitrogens with zero attached hydrogens (tertiary/aromatic N) is 3. The fourth-order valence-electron chi connectivity index (χ4n) is 2.32. The Balaban J connectivity index is 2.00. The fourth-order valence-corrected chi connectivity index (χ4v) is 2.32. The van der Waals surface area contributed by atoms with Crippen LogP contribution in [-0.4, -0.2) is 60.3 Å². The minimum absolute atomic E-state index is 0.0856. The zero-order valence-corrected chi connectivity index (χ0v) is 10.4. The Morgan fingerprint density at radius 2 is 2.20 bits per heavy atom. The van der Waals surface area contributed by atoms with E-state index in [-0.39, 0.29) is 24.4 Å². The molecule has 0 radical (unpaired) electrons. The number of rotatable bonds is 2. The molecule has 0 amide bonds. The highest BCUT2D eigenvalue weighted by Crippen LogP contribution is 2.28. The summed E-state index contributed by atoms with van der Waals surface area (Å²) in [4.78, 5) is 21.9. The first-order valence-corrected chi connectivity index (χ1v) is 6.12. The molecule has 0 saturated carbocycles. The minimum atomic E-state index is -1.25. The summed E-state index contributed by atoms with van der Waals surface area (Å²) in [6.45, 7) is -0.199. The number of aromatic nitrogens is 4. The SMILES string of the molecule is O=c1[nH]cnc2c1ncn2[C@H]1OC[C@@H](CO)[C@H](O)[C@@H]1O. The predicted molar refractivity (Wildman–Crippen MR) is 65.7 cm³/mol. The molecule has 1 saturated heterocycles. The molecule has 3 rings (SSSR count). The van der Waals surface area contributed by atoms with Crippen LogP contribution in [0.15, 0.2) is 17.4 Å². The van der Waals surface area contributed by atoms with Crippen molar-refractivity contribution in [1.82, 2.24) is 19.5 Å². The first-order valence-electron chi connectivity index (χ1n) is 6.12. The van der Waals surface area contributed by atoms with Crippen LogP contribution >= 0.6 is 0 Å². The lowest BCUT2D eigenvalue weighted by Crippen LogP contribution is -2.48. The van der Waals surface area contributed by atoms with Gasteiger partial charge in [0.2, 0.25) is 0 Å². The summed E-state index contributed by atoms with van der Waals surface area (Å²) in [6.07, 6.45) is -0.734. The second-order valence-electron chi connectivity index (χ2n) is 4.70. The van der Waals surface area contributed by atoms with E-state index in [0.29, 0.717) is 0 Å². The van der Waals surface area contributed by atoms with Crippen LogP contribution in [0, 0.1) is 5.92 Å². The van der Waals surface area contributed by atoms with E-state index >= 15 is 0 Å². The zero-order chi connectivity index (χ0) is 14.3. The highest BCUT2D eigenvalue weighted by molar-refractivity contribution is 5.68. The molecular weight excluding hydrogens is 268 g/mol. The maximum atomic E-state index is 11.6. The number of H-pyrrole nitrogens is 1. The van der Waals surface area contributed by atoms with E-state index < -0.39 is 29.9 Å². The van der Waals surface area contributed by atoms with Crippen molar-refractivity contribution in [2.45, 2.75) is 18.4 Å². The number of imidazole rings is 1. The third kappa shape index (κ3) is 1.91. The van der Waals surface area contributed by atoms with Crippen molar-refractivity contribution in [3.63, 3.8) is 0 Å². The molecular formula is C11H14N4O5. The Morgan fingerprint density at radius 1 is 1.40 bits per heavy atom. The summed E-state index contributed by atoms with van der Waals surface area (Å²) in [5, 5.41) is 29.1. The van der Waals surface area contributed by atoms with Crippen molar-refractivity contribution >= 4 is 11.2 Å². The molecule has 4 atom stereocenters. The maximum absolute atomic E-state index is 11.6. The molecule has 2 aromatic rings. The van der Waals surface area contributed by atoms with Crippen molar-refractivity contribution < 1.29 is 20.1 Å². The molecule has 1 aliphatic rings. The molecule has 1 fully saturated rings. The molecule has 0 aliphatic carbocycles. The van der Waals surface area contributed by atoms with E-state index in [2.05, 4.69) is 15.0 Å². The molecule has 9 nitrogen and oxygen atoms in total. The van der Waals surface area contributed by atoms with Crippen LogP contribution in [-0.2, 0) is 4.74 Å². The number of aliphatic hydroxyl groups excluding tert-OH is 3. The minimum Gasteiger partial charge on any atom is -0.396 e. The highest BCUT2D eigenvalue weighted by Gasteiger charge is 2.39. The van der Waals surface area contributed by atoms with Crippen LogP contribution < -0.4 is 5.56 Å². The second-order valence-corrected chi connectivity index (χ2v) is 4.70. The molecule has 0 bridgehead atoms. The lowest BCUT2D eigenvalue weighted by molar-refractivity contribution is -0.196. The summed E-state index contributed by atoms with van der Waals surface area (Å²) in [5.41, 5.74) is -0.0117. The van der Waals surface area contributed by atoms with Gasteiger partial charge in [-0.15, -0.1) is 0 Å². The number of hydrogen-bond donors (Lipinski definition) is 4. The summed E-state index contributed by atoms with van der Waals surface area (Å²) in [7, 11) is 0. The van der Waals surface area contributed by atoms with Gasteiger partial charge in [0.15, 0.2) is 17.4 Å². The second kappa shape index (κ2) is 4.94. The molecule has 0 aromatic carbocycles. The van der Waals surface area contributed by atoms with Crippen molar-refractivity contribution in [3.8, 4) is 0 Å². The molecule has 3 heterocycles. The molecule has 1 aliphatic heterocycles. The first-order chi connectivity index (χ1) is 9.63. The standard InChI is InChI=1S/C11H14N4O5/c16-1-5-2-20-11(8(18)7(5)17)15-4-14-6-9(15)12-3-13-10(6)19/h3-5,7-8,11,16-18H,1-2H2,(H,12,13,19)/t5-,7+,8+,11+/m1/s1. The lowest BCUT2D eigenvalue weighted by atomic mass is 9.95. The number of fused-ring (bicyclic) bond motifs is 1. The van der Waals surface area contributed by atoms with Gasteiger partial charge in [0, 0.05) is 5.92 Å². The Morgan fingerprint density at radius 3 is 2.95 bits per heavy atom. The third-order valence-electron chi connectivity index (χ3n) is 3.48. The largest absolute Gasteiger partial charge is 0.396 e. The average molecular weight is 282 g/mol. The van der Waals surface area contributed by atoms with Gasteiger partial charge in [0.05, 0.1) is 32.0 Å². The molecule has 108 valence electrons. The topological polar surface area (TPSA) is 133 Å². The van der Waals surface area contributed by atoms with Crippen molar-refractivity contribution in [2.75, 3.05) is 13.2 Å². The van der Waals surface area contributed by atoms with E-state index in [1.165, 1.54) is 17.2 Å². The molecule has 20 heavy (non-hydrogen) atoms. The number of hydrogen-bond acceptors (Lipinski definition) is 7. The van der Waals surface area contributed by atoms with E-state index in [1.54, 1.807) is 0 Å². The van der Waals surface area contributed by atoms with Gasteiger partial charge in [-0.1, -0.05) is 0 Å². The van der Waals surface area contributed by atoms with Crippen molar-refractivity contribution in [3.05, 3.63) is 23.0 Å².